The molecule has 110 valence electrons. The van der Waals surface area contributed by atoms with Crippen LogP contribution in [0.5, 0.6) is 0 Å². The number of fused-ring (bicyclic) bond motifs is 1. The van der Waals surface area contributed by atoms with Crippen molar-refractivity contribution < 1.29 is 4.74 Å². The van der Waals surface area contributed by atoms with Crippen LogP contribution in [0.4, 0.5) is 0 Å². The van der Waals surface area contributed by atoms with E-state index in [2.05, 4.69) is 50.3 Å². The third-order valence-corrected chi connectivity index (χ3v) is 5.23. The molecule has 1 nitrogen and oxygen atoms in total. The first-order valence-electron chi connectivity index (χ1n) is 8.22. The van der Waals surface area contributed by atoms with Gasteiger partial charge in [0.1, 0.15) is 6.10 Å². The van der Waals surface area contributed by atoms with E-state index >= 15 is 0 Å². The Morgan fingerprint density at radius 2 is 2.00 bits per heavy atom. The van der Waals surface area contributed by atoms with Crippen LogP contribution in [0.25, 0.3) is 0 Å². The summed E-state index contributed by atoms with van der Waals surface area (Å²) in [6.45, 7) is 4.79. The quantitative estimate of drug-likeness (QED) is 0.705. The average molecular weight is 280 g/mol. The smallest absolute Gasteiger partial charge is 0.101 e. The van der Waals surface area contributed by atoms with Crippen molar-refractivity contribution in [1.29, 1.82) is 0 Å². The summed E-state index contributed by atoms with van der Waals surface area (Å²) in [6, 6.07) is 10.9. The van der Waals surface area contributed by atoms with Crippen LogP contribution in [-0.4, -0.2) is 12.2 Å². The van der Waals surface area contributed by atoms with E-state index in [0.29, 0.717) is 17.6 Å². The predicted molar refractivity (Wildman–Crippen MR) is 86.2 cm³/mol. The van der Waals surface area contributed by atoms with Crippen molar-refractivity contribution in [2.45, 2.75) is 58.2 Å². The minimum absolute atomic E-state index is 0.309. The van der Waals surface area contributed by atoms with Gasteiger partial charge in [0.2, 0.25) is 0 Å². The monoisotopic (exact) mass is 280 g/mol. The van der Waals surface area contributed by atoms with Crippen molar-refractivity contribution >= 4 is 0 Å². The number of allylic oxidation sites excluding steroid dienone is 1. The minimum Gasteiger partial charge on any atom is -0.362 e. The summed E-state index contributed by atoms with van der Waals surface area (Å²) in [5, 5.41) is 0. The summed E-state index contributed by atoms with van der Waals surface area (Å²) in [6.07, 6.45) is 8.93. The maximum Gasteiger partial charge on any atom is 0.101 e. The Morgan fingerprint density at radius 1 is 1.19 bits per heavy atom. The van der Waals surface area contributed by atoms with E-state index in [-0.39, 0.29) is 0 Å². The maximum atomic E-state index is 6.47. The van der Waals surface area contributed by atoms with Gasteiger partial charge in [-0.3, -0.25) is 0 Å². The third-order valence-electron chi connectivity index (χ3n) is 5.23. The summed E-state index contributed by atoms with van der Waals surface area (Å²) in [4.78, 5) is 0. The van der Waals surface area contributed by atoms with Gasteiger partial charge in [-0.2, -0.15) is 0 Å². The molecule has 1 heteroatoms. The van der Waals surface area contributed by atoms with Crippen molar-refractivity contribution in [3.8, 4) is 0 Å². The highest BCUT2D eigenvalue weighted by atomic mass is 16.5. The Morgan fingerprint density at radius 3 is 2.81 bits per heavy atom. The molecule has 1 saturated heterocycles. The first kappa shape index (κ1) is 13.3. The SMILES string of the molecule is CC1(C)CC2=CCCC3=C(Cc4ccccc4)C(C1)OC23. The second-order valence-electron chi connectivity index (χ2n) is 7.58. The van der Waals surface area contributed by atoms with Crippen LogP contribution in [0.2, 0.25) is 0 Å². The molecule has 0 radical (unpaired) electrons. The Bertz CT molecular complexity index is 606. The van der Waals surface area contributed by atoms with E-state index in [1.54, 1.807) is 16.7 Å². The molecular weight excluding hydrogens is 256 g/mol. The highest BCUT2D eigenvalue weighted by Crippen LogP contribution is 2.49. The first-order valence-corrected chi connectivity index (χ1v) is 8.22. The second-order valence-corrected chi connectivity index (χ2v) is 7.58. The Hall–Kier alpha value is -1.34. The van der Waals surface area contributed by atoms with E-state index < -0.39 is 0 Å². The molecule has 1 aromatic rings. The zero-order valence-electron chi connectivity index (χ0n) is 13.1. The lowest BCUT2D eigenvalue weighted by Gasteiger charge is -2.30. The Kier molecular flexibility index (Phi) is 3.08. The molecule has 1 aliphatic carbocycles. The van der Waals surface area contributed by atoms with Gasteiger partial charge >= 0.3 is 0 Å². The predicted octanol–water partition coefficient (Wildman–Crippen LogP) is 4.83. The summed E-state index contributed by atoms with van der Waals surface area (Å²) >= 11 is 0. The van der Waals surface area contributed by atoms with Crippen LogP contribution < -0.4 is 0 Å². The van der Waals surface area contributed by atoms with Crippen LogP contribution in [0.3, 0.4) is 0 Å². The van der Waals surface area contributed by atoms with Gasteiger partial charge in [-0.1, -0.05) is 50.3 Å². The number of hydrogen-bond acceptors (Lipinski definition) is 1. The van der Waals surface area contributed by atoms with Crippen molar-refractivity contribution in [3.05, 3.63) is 58.7 Å². The maximum absolute atomic E-state index is 6.47. The van der Waals surface area contributed by atoms with Gasteiger partial charge in [-0.05, 0) is 59.8 Å². The standard InChI is InChI=1S/C20H24O/c1-20(2)12-15-9-6-10-16-17(18(13-20)21-19(15)16)11-14-7-4-3-5-8-14/h3-5,7-9,18-19H,6,10-13H2,1-2H3. The average Bonchev–Trinajstić information content (AvgIpc) is 2.71. The molecule has 0 spiro atoms. The topological polar surface area (TPSA) is 9.23 Å². The zero-order chi connectivity index (χ0) is 14.4. The number of ether oxygens (including phenoxy) is 1. The second kappa shape index (κ2) is 4.84. The summed E-state index contributed by atoms with van der Waals surface area (Å²) in [5.74, 6) is 0. The molecule has 2 heterocycles. The molecule has 3 aliphatic rings. The molecule has 2 atom stereocenters. The van der Waals surface area contributed by atoms with E-state index in [0.717, 1.165) is 12.8 Å². The molecule has 2 aliphatic heterocycles. The lowest BCUT2D eigenvalue weighted by Crippen LogP contribution is -2.23. The highest BCUT2D eigenvalue weighted by molar-refractivity contribution is 5.42. The fourth-order valence-electron chi connectivity index (χ4n) is 4.33. The fraction of sp³-hybridized carbons (Fsp3) is 0.500. The number of rotatable bonds is 2. The lowest BCUT2D eigenvalue weighted by molar-refractivity contribution is 0.0613. The third kappa shape index (κ3) is 2.38. The molecule has 0 saturated carbocycles. The summed E-state index contributed by atoms with van der Waals surface area (Å²) < 4.78 is 6.47. The van der Waals surface area contributed by atoms with E-state index in [9.17, 15) is 0 Å². The summed E-state index contributed by atoms with van der Waals surface area (Å²) in [5.41, 5.74) is 6.52. The molecule has 2 bridgehead atoms. The molecule has 1 fully saturated rings. The van der Waals surface area contributed by atoms with Crippen molar-refractivity contribution in [2.75, 3.05) is 0 Å². The van der Waals surface area contributed by atoms with E-state index in [1.165, 1.54) is 24.8 Å². The fourth-order valence-corrected chi connectivity index (χ4v) is 4.33. The van der Waals surface area contributed by atoms with Crippen LogP contribution in [0.1, 0.15) is 45.1 Å². The van der Waals surface area contributed by atoms with Gasteiger partial charge in [0.05, 0.1) is 6.10 Å². The van der Waals surface area contributed by atoms with Gasteiger partial charge in [-0.15, -0.1) is 0 Å². The van der Waals surface area contributed by atoms with E-state index in [4.69, 9.17) is 4.74 Å². The van der Waals surface area contributed by atoms with E-state index in [1.807, 2.05) is 0 Å². The Labute approximate surface area is 127 Å². The number of benzene rings is 1. The van der Waals surface area contributed by atoms with Crippen molar-refractivity contribution in [3.63, 3.8) is 0 Å². The zero-order valence-corrected chi connectivity index (χ0v) is 13.1. The molecule has 21 heavy (non-hydrogen) atoms. The molecule has 0 amide bonds. The molecule has 0 N–H and O–H groups in total. The first-order chi connectivity index (χ1) is 10.1. The lowest BCUT2D eigenvalue weighted by atomic mass is 9.73. The molecule has 0 aromatic heterocycles. The van der Waals surface area contributed by atoms with Crippen LogP contribution in [0.15, 0.2) is 53.1 Å². The van der Waals surface area contributed by atoms with Crippen molar-refractivity contribution in [1.82, 2.24) is 0 Å². The van der Waals surface area contributed by atoms with Crippen LogP contribution in [0, 0.1) is 5.41 Å². The molecule has 1 aromatic carbocycles. The Balaban J connectivity index is 1.73. The van der Waals surface area contributed by atoms with Gasteiger partial charge in [0, 0.05) is 0 Å². The molecule has 4 rings (SSSR count). The van der Waals surface area contributed by atoms with Crippen LogP contribution in [-0.2, 0) is 11.2 Å². The minimum atomic E-state index is 0.309. The van der Waals surface area contributed by atoms with Gasteiger partial charge < -0.3 is 4.74 Å². The molecular formula is C20H24O. The largest absolute Gasteiger partial charge is 0.362 e. The highest BCUT2D eigenvalue weighted by Gasteiger charge is 2.43. The van der Waals surface area contributed by atoms with Gasteiger partial charge in [0.15, 0.2) is 0 Å². The molecule has 2 unspecified atom stereocenters. The number of hydrogen-bond donors (Lipinski definition) is 0. The summed E-state index contributed by atoms with van der Waals surface area (Å²) in [7, 11) is 0. The normalized spacial score (nSPS) is 30.1. The van der Waals surface area contributed by atoms with Gasteiger partial charge in [-0.25, -0.2) is 0 Å². The van der Waals surface area contributed by atoms with Gasteiger partial charge in [0.25, 0.3) is 0 Å². The van der Waals surface area contributed by atoms with Crippen molar-refractivity contribution in [2.24, 2.45) is 5.41 Å². The van der Waals surface area contributed by atoms with Crippen LogP contribution >= 0.6 is 0 Å².